The molecular formula is C21H33NO2. The average molecular weight is 332 g/mol. The number of hydrogen-bond donors (Lipinski definition) is 0. The summed E-state index contributed by atoms with van der Waals surface area (Å²) in [7, 11) is 0. The first-order chi connectivity index (χ1) is 11.5. The van der Waals surface area contributed by atoms with E-state index in [-0.39, 0.29) is 18.0 Å². The molecule has 0 aromatic rings. The van der Waals surface area contributed by atoms with E-state index in [4.69, 9.17) is 4.74 Å². The molecule has 4 aliphatic rings. The summed E-state index contributed by atoms with van der Waals surface area (Å²) in [6.45, 7) is 12.4. The maximum atomic E-state index is 12.6. The molecule has 0 N–H and O–H groups in total. The third-order valence-corrected chi connectivity index (χ3v) is 7.65. The molecule has 2 aliphatic heterocycles. The highest BCUT2D eigenvalue weighted by atomic mass is 16.6. The Morgan fingerprint density at radius 3 is 2.83 bits per heavy atom. The van der Waals surface area contributed by atoms with Crippen molar-refractivity contribution in [3.63, 3.8) is 0 Å². The van der Waals surface area contributed by atoms with Gasteiger partial charge < -0.3 is 9.64 Å². The Balaban J connectivity index is 1.47. The summed E-state index contributed by atoms with van der Waals surface area (Å²) < 4.78 is 5.89. The summed E-state index contributed by atoms with van der Waals surface area (Å²) in [4.78, 5) is 15.1. The molecule has 4 rings (SSSR count). The van der Waals surface area contributed by atoms with Gasteiger partial charge in [-0.05, 0) is 75.3 Å². The first kappa shape index (κ1) is 16.6. The number of carbonyl (C=O) groups excluding carboxylic acids is 1. The number of esters is 1. The van der Waals surface area contributed by atoms with Gasteiger partial charge in [-0.2, -0.15) is 0 Å². The molecule has 0 aromatic carbocycles. The van der Waals surface area contributed by atoms with E-state index < -0.39 is 0 Å². The molecule has 2 aliphatic carbocycles. The molecule has 3 nitrogen and oxygen atoms in total. The monoisotopic (exact) mass is 331 g/mol. The molecule has 0 aromatic heterocycles. The number of allylic oxidation sites excluding steroid dienone is 1. The zero-order valence-corrected chi connectivity index (χ0v) is 15.4. The molecule has 0 unspecified atom stereocenters. The van der Waals surface area contributed by atoms with Gasteiger partial charge in [0.25, 0.3) is 0 Å². The van der Waals surface area contributed by atoms with Crippen molar-refractivity contribution >= 4 is 5.97 Å². The Hall–Kier alpha value is -0.830. The van der Waals surface area contributed by atoms with Crippen LogP contribution in [0, 0.1) is 29.1 Å². The maximum absolute atomic E-state index is 12.6. The number of nitrogens with zero attached hydrogens (tertiary/aromatic N) is 1. The third-order valence-electron chi connectivity index (χ3n) is 7.65. The van der Waals surface area contributed by atoms with E-state index in [9.17, 15) is 4.79 Å². The highest BCUT2D eigenvalue weighted by Gasteiger charge is 2.55. The lowest BCUT2D eigenvalue weighted by Gasteiger charge is -2.50. The van der Waals surface area contributed by atoms with Gasteiger partial charge in [-0.15, -0.1) is 0 Å². The second kappa shape index (κ2) is 6.16. The molecule has 0 bridgehead atoms. The van der Waals surface area contributed by atoms with Gasteiger partial charge in [-0.1, -0.05) is 26.0 Å². The fraction of sp³-hybridized carbons (Fsp3) is 0.857. The summed E-state index contributed by atoms with van der Waals surface area (Å²) in [6, 6.07) is 0. The van der Waals surface area contributed by atoms with Gasteiger partial charge >= 0.3 is 5.97 Å². The van der Waals surface area contributed by atoms with Crippen LogP contribution in [0.3, 0.4) is 0 Å². The van der Waals surface area contributed by atoms with Crippen molar-refractivity contribution < 1.29 is 9.53 Å². The van der Waals surface area contributed by atoms with Crippen molar-refractivity contribution in [2.45, 2.75) is 64.9 Å². The fourth-order valence-corrected chi connectivity index (χ4v) is 5.99. The van der Waals surface area contributed by atoms with E-state index in [1.54, 1.807) is 0 Å². The van der Waals surface area contributed by atoms with E-state index in [1.165, 1.54) is 37.7 Å². The molecule has 134 valence electrons. The number of ether oxygens (including phenoxy) is 1. The molecule has 4 fully saturated rings. The lowest BCUT2D eigenvalue weighted by Crippen LogP contribution is -2.46. The number of rotatable bonds is 2. The Bertz CT molecular complexity index is 522. The average Bonchev–Trinajstić information content (AvgIpc) is 2.82. The lowest BCUT2D eigenvalue weighted by atomic mass is 9.55. The van der Waals surface area contributed by atoms with Crippen molar-refractivity contribution in [1.82, 2.24) is 4.90 Å². The van der Waals surface area contributed by atoms with Crippen LogP contribution in [0.25, 0.3) is 0 Å². The van der Waals surface area contributed by atoms with Crippen LogP contribution in [0.1, 0.15) is 58.8 Å². The minimum atomic E-state index is 0.0801. The van der Waals surface area contributed by atoms with Gasteiger partial charge in [0.05, 0.1) is 5.92 Å². The van der Waals surface area contributed by atoms with E-state index in [2.05, 4.69) is 25.3 Å². The molecular weight excluding hydrogens is 298 g/mol. The molecule has 0 radical (unpaired) electrons. The molecule has 0 amide bonds. The van der Waals surface area contributed by atoms with Crippen molar-refractivity contribution in [3.8, 4) is 0 Å². The zero-order chi connectivity index (χ0) is 16.9. The summed E-state index contributed by atoms with van der Waals surface area (Å²) >= 11 is 0. The van der Waals surface area contributed by atoms with Crippen LogP contribution in [-0.2, 0) is 9.53 Å². The first-order valence-corrected chi connectivity index (χ1v) is 10.1. The summed E-state index contributed by atoms with van der Waals surface area (Å²) in [5, 5.41) is 0. The van der Waals surface area contributed by atoms with E-state index >= 15 is 0 Å². The largest absolute Gasteiger partial charge is 0.462 e. The topological polar surface area (TPSA) is 29.5 Å². The molecule has 2 heterocycles. The van der Waals surface area contributed by atoms with Crippen molar-refractivity contribution in [2.24, 2.45) is 29.1 Å². The third kappa shape index (κ3) is 2.83. The standard InChI is InChI=1S/C21H33NO2/c1-14-6-9-22(10-7-14)13-17-16-11-18-15(2)5-4-8-21(18,3)12-19(16)24-20(17)23/h14,16-19H,2,4-13H2,1,3H3/t16-,17+,18-,19+,21+/m1/s1. The van der Waals surface area contributed by atoms with E-state index in [0.717, 1.165) is 38.4 Å². The van der Waals surface area contributed by atoms with Crippen LogP contribution in [0.4, 0.5) is 0 Å². The normalized spacial score (nSPS) is 44.1. The molecule has 2 saturated carbocycles. The van der Waals surface area contributed by atoms with Crippen LogP contribution in [-0.4, -0.2) is 36.6 Å². The predicted octanol–water partition coefficient (Wildman–Crippen LogP) is 4.03. The van der Waals surface area contributed by atoms with Crippen LogP contribution >= 0.6 is 0 Å². The smallest absolute Gasteiger partial charge is 0.310 e. The van der Waals surface area contributed by atoms with E-state index in [1.807, 2.05) is 0 Å². The number of hydrogen-bond acceptors (Lipinski definition) is 3. The Morgan fingerprint density at radius 2 is 2.08 bits per heavy atom. The number of piperidine rings is 1. The van der Waals surface area contributed by atoms with Crippen LogP contribution < -0.4 is 0 Å². The highest BCUT2D eigenvalue weighted by Crippen LogP contribution is 2.56. The van der Waals surface area contributed by atoms with Crippen molar-refractivity contribution in [1.29, 1.82) is 0 Å². The van der Waals surface area contributed by atoms with Crippen molar-refractivity contribution in [3.05, 3.63) is 12.2 Å². The van der Waals surface area contributed by atoms with Crippen LogP contribution in [0.5, 0.6) is 0 Å². The molecule has 5 atom stereocenters. The molecule has 3 heteroatoms. The Labute approximate surface area is 146 Å². The molecule has 0 spiro atoms. The maximum Gasteiger partial charge on any atom is 0.310 e. The number of carbonyl (C=O) groups is 1. The Morgan fingerprint density at radius 1 is 1.33 bits per heavy atom. The zero-order valence-electron chi connectivity index (χ0n) is 15.4. The fourth-order valence-electron chi connectivity index (χ4n) is 5.99. The van der Waals surface area contributed by atoms with Gasteiger partial charge in [-0.25, -0.2) is 0 Å². The summed E-state index contributed by atoms with van der Waals surface area (Å²) in [6.07, 6.45) is 8.60. The predicted molar refractivity (Wildman–Crippen MR) is 95.5 cm³/mol. The number of likely N-dealkylation sites (tertiary alicyclic amines) is 1. The minimum Gasteiger partial charge on any atom is -0.462 e. The van der Waals surface area contributed by atoms with Gasteiger partial charge in [0.15, 0.2) is 0 Å². The summed E-state index contributed by atoms with van der Waals surface area (Å²) in [5.74, 6) is 2.04. The first-order valence-electron chi connectivity index (χ1n) is 10.1. The Kier molecular flexibility index (Phi) is 4.27. The van der Waals surface area contributed by atoms with Gasteiger partial charge in [-0.3, -0.25) is 4.79 Å². The molecule has 2 saturated heterocycles. The second-order valence-electron chi connectivity index (χ2n) is 9.39. The lowest BCUT2D eigenvalue weighted by molar-refractivity contribution is -0.146. The van der Waals surface area contributed by atoms with Gasteiger partial charge in [0, 0.05) is 12.5 Å². The van der Waals surface area contributed by atoms with Gasteiger partial charge in [0.2, 0.25) is 0 Å². The van der Waals surface area contributed by atoms with Crippen LogP contribution in [0.2, 0.25) is 0 Å². The highest BCUT2D eigenvalue weighted by molar-refractivity contribution is 5.75. The van der Waals surface area contributed by atoms with Crippen molar-refractivity contribution in [2.75, 3.05) is 19.6 Å². The van der Waals surface area contributed by atoms with Gasteiger partial charge in [0.1, 0.15) is 6.10 Å². The second-order valence-corrected chi connectivity index (χ2v) is 9.39. The quantitative estimate of drug-likeness (QED) is 0.565. The SMILES string of the molecule is C=C1CCC[C@@]2(C)C[C@@H]3OC(=O)[C@@H](CN4CCC(C)CC4)[C@H]3C[C@H]12. The number of fused-ring (bicyclic) bond motifs is 2. The van der Waals surface area contributed by atoms with E-state index in [0.29, 0.717) is 17.3 Å². The minimum absolute atomic E-state index is 0.0801. The molecule has 24 heavy (non-hydrogen) atoms. The van der Waals surface area contributed by atoms with Crippen LogP contribution in [0.15, 0.2) is 12.2 Å². The summed E-state index contributed by atoms with van der Waals surface area (Å²) in [5.41, 5.74) is 1.75.